The monoisotopic (exact) mass is 298 g/mol. The van der Waals surface area contributed by atoms with Gasteiger partial charge in [0.1, 0.15) is 17.9 Å². The molecular weight excluding hydrogens is 280 g/mol. The number of hydrogen-bond acceptors (Lipinski definition) is 6. The Bertz CT molecular complexity index is 600. The molecule has 1 aromatic rings. The van der Waals surface area contributed by atoms with Gasteiger partial charge in [0.2, 0.25) is 5.91 Å². The van der Waals surface area contributed by atoms with E-state index in [1.54, 1.807) is 17.0 Å². The van der Waals surface area contributed by atoms with E-state index in [4.69, 9.17) is 10.5 Å². The molecule has 1 aliphatic heterocycles. The lowest BCUT2D eigenvalue weighted by Gasteiger charge is -2.22. The number of nitrogens with one attached hydrogen (secondary N) is 2. The van der Waals surface area contributed by atoms with Crippen molar-refractivity contribution in [1.29, 1.82) is 10.5 Å². The van der Waals surface area contributed by atoms with Crippen molar-refractivity contribution >= 4 is 11.7 Å². The third-order valence-electron chi connectivity index (χ3n) is 3.54. The van der Waals surface area contributed by atoms with E-state index in [0.717, 1.165) is 12.8 Å². The van der Waals surface area contributed by atoms with Crippen LogP contribution in [0.5, 0.6) is 0 Å². The SMILES string of the molecule is CC(NCC(=O)N1CCCC1C#N)Nc1ccc(C#N)cn1. The first-order valence-electron chi connectivity index (χ1n) is 7.19. The van der Waals surface area contributed by atoms with Crippen molar-refractivity contribution in [3.8, 4) is 12.1 Å². The predicted molar refractivity (Wildman–Crippen MR) is 80.4 cm³/mol. The lowest BCUT2D eigenvalue weighted by Crippen LogP contribution is -2.44. The van der Waals surface area contributed by atoms with Gasteiger partial charge in [-0.1, -0.05) is 0 Å². The lowest BCUT2D eigenvalue weighted by atomic mass is 10.2. The smallest absolute Gasteiger partial charge is 0.237 e. The molecule has 2 unspecified atom stereocenters. The van der Waals surface area contributed by atoms with Crippen molar-refractivity contribution < 1.29 is 4.79 Å². The first-order chi connectivity index (χ1) is 10.6. The highest BCUT2D eigenvalue weighted by Crippen LogP contribution is 2.16. The van der Waals surface area contributed by atoms with Gasteiger partial charge in [-0.15, -0.1) is 0 Å². The number of likely N-dealkylation sites (tertiary alicyclic amines) is 1. The average Bonchev–Trinajstić information content (AvgIpc) is 3.02. The molecule has 0 radical (unpaired) electrons. The second-order valence-corrected chi connectivity index (χ2v) is 5.17. The van der Waals surface area contributed by atoms with Crippen molar-refractivity contribution in [1.82, 2.24) is 15.2 Å². The highest BCUT2D eigenvalue weighted by atomic mass is 16.2. The van der Waals surface area contributed by atoms with Crippen molar-refractivity contribution in [2.45, 2.75) is 32.0 Å². The van der Waals surface area contributed by atoms with Gasteiger partial charge in [-0.3, -0.25) is 10.1 Å². The fourth-order valence-corrected chi connectivity index (χ4v) is 2.36. The Kier molecular flexibility index (Phi) is 5.29. The van der Waals surface area contributed by atoms with E-state index in [1.807, 2.05) is 13.0 Å². The van der Waals surface area contributed by atoms with E-state index < -0.39 is 0 Å². The van der Waals surface area contributed by atoms with Gasteiger partial charge in [-0.2, -0.15) is 10.5 Å². The Morgan fingerprint density at radius 3 is 3.00 bits per heavy atom. The molecule has 1 saturated heterocycles. The first kappa shape index (κ1) is 15.7. The summed E-state index contributed by atoms with van der Waals surface area (Å²) >= 11 is 0. The molecule has 22 heavy (non-hydrogen) atoms. The number of hydrogen-bond donors (Lipinski definition) is 2. The molecule has 2 rings (SSSR count). The van der Waals surface area contributed by atoms with E-state index in [0.29, 0.717) is 17.9 Å². The Morgan fingerprint density at radius 2 is 2.36 bits per heavy atom. The molecule has 7 heteroatoms. The maximum Gasteiger partial charge on any atom is 0.237 e. The second kappa shape index (κ2) is 7.39. The Balaban J connectivity index is 1.80. The molecule has 7 nitrogen and oxygen atoms in total. The Hall–Kier alpha value is -2.64. The number of carbonyl (C=O) groups excluding carboxylic acids is 1. The van der Waals surface area contributed by atoms with Crippen molar-refractivity contribution in [2.75, 3.05) is 18.4 Å². The molecule has 1 fully saturated rings. The summed E-state index contributed by atoms with van der Waals surface area (Å²) in [6, 6.07) is 7.26. The van der Waals surface area contributed by atoms with Crippen LogP contribution < -0.4 is 10.6 Å². The molecule has 1 aliphatic rings. The summed E-state index contributed by atoms with van der Waals surface area (Å²) in [5.74, 6) is 0.563. The van der Waals surface area contributed by atoms with Crippen LogP contribution in [0.4, 0.5) is 5.82 Å². The molecule has 0 aromatic carbocycles. The highest BCUT2D eigenvalue weighted by Gasteiger charge is 2.28. The standard InChI is InChI=1S/C15H18N6O/c1-11(20-14-5-4-12(7-16)9-19-14)18-10-15(22)21-6-2-3-13(21)8-17/h4-5,9,11,13,18H,2-3,6,10H2,1H3,(H,19,20). The van der Waals surface area contributed by atoms with E-state index in [2.05, 4.69) is 21.7 Å². The zero-order chi connectivity index (χ0) is 15.9. The van der Waals surface area contributed by atoms with Crippen LogP contribution in [0.3, 0.4) is 0 Å². The maximum absolute atomic E-state index is 12.1. The van der Waals surface area contributed by atoms with Gasteiger partial charge in [0, 0.05) is 12.7 Å². The van der Waals surface area contributed by atoms with Crippen LogP contribution in [0.15, 0.2) is 18.3 Å². The zero-order valence-corrected chi connectivity index (χ0v) is 12.4. The minimum Gasteiger partial charge on any atom is -0.355 e. The molecule has 114 valence electrons. The number of carbonyl (C=O) groups is 1. The minimum absolute atomic E-state index is 0.0644. The molecule has 0 spiro atoms. The summed E-state index contributed by atoms with van der Waals surface area (Å²) in [6.45, 7) is 2.69. The molecule has 1 aromatic heterocycles. The van der Waals surface area contributed by atoms with Crippen LogP contribution in [0.2, 0.25) is 0 Å². The molecular formula is C15H18N6O. The van der Waals surface area contributed by atoms with Crippen LogP contribution in [-0.4, -0.2) is 41.1 Å². The first-order valence-corrected chi connectivity index (χ1v) is 7.19. The third-order valence-corrected chi connectivity index (χ3v) is 3.54. The summed E-state index contributed by atoms with van der Waals surface area (Å²) in [6.07, 6.45) is 2.97. The van der Waals surface area contributed by atoms with Crippen LogP contribution in [0, 0.1) is 22.7 Å². The molecule has 0 saturated carbocycles. The van der Waals surface area contributed by atoms with E-state index in [-0.39, 0.29) is 24.7 Å². The summed E-state index contributed by atoms with van der Waals surface area (Å²) in [4.78, 5) is 17.8. The minimum atomic E-state index is -0.294. The van der Waals surface area contributed by atoms with E-state index in [1.165, 1.54) is 6.20 Å². The van der Waals surface area contributed by atoms with Gasteiger partial charge in [0.15, 0.2) is 0 Å². The number of nitriles is 2. The Labute approximate surface area is 129 Å². The third kappa shape index (κ3) is 3.94. The van der Waals surface area contributed by atoms with E-state index in [9.17, 15) is 4.79 Å². The molecule has 1 amide bonds. The summed E-state index contributed by atoms with van der Waals surface area (Å²) in [5.41, 5.74) is 0.498. The fourth-order valence-electron chi connectivity index (χ4n) is 2.36. The molecule has 0 aliphatic carbocycles. The van der Waals surface area contributed by atoms with Gasteiger partial charge >= 0.3 is 0 Å². The van der Waals surface area contributed by atoms with Gasteiger partial charge < -0.3 is 10.2 Å². The summed E-state index contributed by atoms with van der Waals surface area (Å²) in [7, 11) is 0. The van der Waals surface area contributed by atoms with Crippen LogP contribution >= 0.6 is 0 Å². The van der Waals surface area contributed by atoms with Gasteiger partial charge in [-0.25, -0.2) is 4.98 Å². The average molecular weight is 298 g/mol. The largest absolute Gasteiger partial charge is 0.355 e. The van der Waals surface area contributed by atoms with Gasteiger partial charge in [-0.05, 0) is 31.9 Å². The van der Waals surface area contributed by atoms with Crippen molar-refractivity contribution in [2.24, 2.45) is 0 Å². The number of anilines is 1. The van der Waals surface area contributed by atoms with Crippen LogP contribution in [0.1, 0.15) is 25.3 Å². The Morgan fingerprint density at radius 1 is 1.55 bits per heavy atom. The maximum atomic E-state index is 12.1. The number of nitrogens with zero attached hydrogens (tertiary/aromatic N) is 4. The molecule has 2 heterocycles. The predicted octanol–water partition coefficient (Wildman–Crippen LogP) is 0.815. The molecule has 2 atom stereocenters. The van der Waals surface area contributed by atoms with Gasteiger partial charge in [0.25, 0.3) is 0 Å². The molecule has 2 N–H and O–H groups in total. The van der Waals surface area contributed by atoms with E-state index >= 15 is 0 Å². The van der Waals surface area contributed by atoms with Gasteiger partial charge in [0.05, 0.1) is 24.3 Å². The van der Waals surface area contributed by atoms with Crippen LogP contribution in [-0.2, 0) is 4.79 Å². The zero-order valence-electron chi connectivity index (χ0n) is 12.4. The van der Waals surface area contributed by atoms with Crippen LogP contribution in [0.25, 0.3) is 0 Å². The fraction of sp³-hybridized carbons (Fsp3) is 0.467. The summed E-state index contributed by atoms with van der Waals surface area (Å²) < 4.78 is 0. The highest BCUT2D eigenvalue weighted by molar-refractivity contribution is 5.79. The lowest BCUT2D eigenvalue weighted by molar-refractivity contribution is -0.130. The molecule has 0 bridgehead atoms. The topological polar surface area (TPSA) is 105 Å². The number of rotatable bonds is 5. The normalized spacial score (nSPS) is 18.3. The number of pyridine rings is 1. The van der Waals surface area contributed by atoms with Crippen molar-refractivity contribution in [3.63, 3.8) is 0 Å². The second-order valence-electron chi connectivity index (χ2n) is 5.17. The van der Waals surface area contributed by atoms with Crippen molar-refractivity contribution in [3.05, 3.63) is 23.9 Å². The summed E-state index contributed by atoms with van der Waals surface area (Å²) in [5, 5.41) is 23.9. The number of aromatic nitrogens is 1. The quantitative estimate of drug-likeness (QED) is 0.780. The number of amides is 1.